The predicted molar refractivity (Wildman–Crippen MR) is 106 cm³/mol. The first kappa shape index (κ1) is 20.5. The van der Waals surface area contributed by atoms with Crippen LogP contribution in [0.5, 0.6) is 0 Å². The normalized spacial score (nSPS) is 11.8. The molecule has 2 aromatic rings. The van der Waals surface area contributed by atoms with Crippen LogP contribution in [0.3, 0.4) is 0 Å². The number of carbonyl (C=O) groups is 2. The molecule has 0 aromatic heterocycles. The second-order valence-corrected chi connectivity index (χ2v) is 6.52. The zero-order chi connectivity index (χ0) is 19.5. The van der Waals surface area contributed by atoms with Crippen LogP contribution in [0, 0.1) is 0 Å². The molecule has 2 aromatic carbocycles. The molecule has 0 aliphatic rings. The lowest BCUT2D eigenvalue weighted by Gasteiger charge is -2.19. The van der Waals surface area contributed by atoms with Gasteiger partial charge in [0, 0.05) is 31.5 Å². The molecular weight excluding hydrogens is 342 g/mol. The Kier molecular flexibility index (Phi) is 8.32. The van der Waals surface area contributed by atoms with Gasteiger partial charge in [0.2, 0.25) is 5.91 Å². The minimum Gasteiger partial charge on any atom is -0.465 e. The molecule has 0 aliphatic heterocycles. The van der Waals surface area contributed by atoms with Crippen LogP contribution in [0.1, 0.15) is 36.3 Å². The number of amides is 2. The number of rotatable bonds is 10. The molecule has 144 valence electrons. The van der Waals surface area contributed by atoms with Gasteiger partial charge in [0.1, 0.15) is 0 Å². The molecule has 27 heavy (non-hydrogen) atoms. The van der Waals surface area contributed by atoms with Gasteiger partial charge in [-0.2, -0.15) is 0 Å². The van der Waals surface area contributed by atoms with Crippen LogP contribution in [0.4, 0.5) is 4.79 Å². The van der Waals surface area contributed by atoms with E-state index in [4.69, 9.17) is 10.8 Å². The van der Waals surface area contributed by atoms with E-state index in [1.807, 2.05) is 60.7 Å². The monoisotopic (exact) mass is 369 g/mol. The predicted octanol–water partition coefficient (Wildman–Crippen LogP) is 2.70. The van der Waals surface area contributed by atoms with Crippen LogP contribution in [0.25, 0.3) is 0 Å². The average Bonchev–Trinajstić information content (AvgIpc) is 2.69. The number of hydrogen-bond donors (Lipinski definition) is 4. The number of nitrogens with one attached hydrogen (secondary N) is 2. The van der Waals surface area contributed by atoms with Crippen molar-refractivity contribution in [1.29, 1.82) is 0 Å². The highest BCUT2D eigenvalue weighted by Crippen LogP contribution is 2.27. The van der Waals surface area contributed by atoms with Gasteiger partial charge in [0.25, 0.3) is 0 Å². The Morgan fingerprint density at radius 1 is 0.926 bits per heavy atom. The van der Waals surface area contributed by atoms with Crippen LogP contribution in [0.2, 0.25) is 0 Å². The van der Waals surface area contributed by atoms with Crippen molar-refractivity contribution in [2.75, 3.05) is 13.1 Å². The van der Waals surface area contributed by atoms with Crippen molar-refractivity contribution in [1.82, 2.24) is 10.6 Å². The first-order valence-electron chi connectivity index (χ1n) is 9.15. The van der Waals surface area contributed by atoms with Crippen LogP contribution in [-0.2, 0) is 4.79 Å². The Bertz CT molecular complexity index is 668. The maximum absolute atomic E-state index is 12.5. The fourth-order valence-electron chi connectivity index (χ4n) is 2.96. The molecule has 2 rings (SSSR count). The molecule has 2 amide bonds. The van der Waals surface area contributed by atoms with Gasteiger partial charge in [0.15, 0.2) is 0 Å². The smallest absolute Gasteiger partial charge is 0.404 e. The summed E-state index contributed by atoms with van der Waals surface area (Å²) in [6.07, 6.45) is 0.590. The molecule has 5 N–H and O–H groups in total. The second kappa shape index (κ2) is 11.0. The number of carboxylic acid groups (broad SMARTS) is 1. The van der Waals surface area contributed by atoms with E-state index in [-0.39, 0.29) is 17.9 Å². The second-order valence-electron chi connectivity index (χ2n) is 6.52. The Labute approximate surface area is 159 Å². The number of carbonyl (C=O) groups excluding carboxylic acids is 1. The lowest BCUT2D eigenvalue weighted by atomic mass is 9.88. The molecule has 0 saturated heterocycles. The van der Waals surface area contributed by atoms with Crippen molar-refractivity contribution >= 4 is 12.0 Å². The van der Waals surface area contributed by atoms with Crippen molar-refractivity contribution in [2.24, 2.45) is 5.73 Å². The Morgan fingerprint density at radius 3 is 2.00 bits per heavy atom. The van der Waals surface area contributed by atoms with Gasteiger partial charge in [0.05, 0.1) is 0 Å². The van der Waals surface area contributed by atoms with Crippen LogP contribution < -0.4 is 16.4 Å². The topological polar surface area (TPSA) is 104 Å². The molecule has 0 bridgehead atoms. The van der Waals surface area contributed by atoms with E-state index in [2.05, 4.69) is 10.6 Å². The summed E-state index contributed by atoms with van der Waals surface area (Å²) >= 11 is 0. The molecule has 0 unspecified atom stereocenters. The first-order chi connectivity index (χ1) is 13.1. The van der Waals surface area contributed by atoms with Crippen LogP contribution in [0.15, 0.2) is 60.7 Å². The van der Waals surface area contributed by atoms with Crippen molar-refractivity contribution in [3.05, 3.63) is 71.8 Å². The zero-order valence-electron chi connectivity index (χ0n) is 15.3. The summed E-state index contributed by atoms with van der Waals surface area (Å²) in [5, 5.41) is 13.7. The lowest BCUT2D eigenvalue weighted by molar-refractivity contribution is -0.121. The lowest BCUT2D eigenvalue weighted by Crippen LogP contribution is -2.38. The molecule has 0 spiro atoms. The first-order valence-corrected chi connectivity index (χ1v) is 9.15. The third kappa shape index (κ3) is 7.50. The van der Waals surface area contributed by atoms with Crippen LogP contribution >= 0.6 is 0 Å². The number of benzene rings is 2. The van der Waals surface area contributed by atoms with Crippen molar-refractivity contribution in [3.8, 4) is 0 Å². The fourth-order valence-corrected chi connectivity index (χ4v) is 2.96. The highest BCUT2D eigenvalue weighted by atomic mass is 16.4. The fraction of sp³-hybridized carbons (Fsp3) is 0.333. The molecule has 6 heteroatoms. The minimum absolute atomic E-state index is 0.0107. The SMILES string of the molecule is N[C@@H](CCCNC(=O)O)CNC(=O)CC(c1ccccc1)c1ccccc1. The molecule has 0 heterocycles. The summed E-state index contributed by atoms with van der Waals surface area (Å²) in [4.78, 5) is 22.9. The summed E-state index contributed by atoms with van der Waals surface area (Å²) in [5.74, 6) is -0.0600. The van der Waals surface area contributed by atoms with E-state index in [1.54, 1.807) is 0 Å². The van der Waals surface area contributed by atoms with E-state index in [9.17, 15) is 9.59 Å². The van der Waals surface area contributed by atoms with Gasteiger partial charge >= 0.3 is 6.09 Å². The van der Waals surface area contributed by atoms with Gasteiger partial charge < -0.3 is 21.5 Å². The summed E-state index contributed by atoms with van der Waals surface area (Å²) in [6.45, 7) is 0.739. The van der Waals surface area contributed by atoms with E-state index < -0.39 is 6.09 Å². The Balaban J connectivity index is 1.86. The van der Waals surface area contributed by atoms with Gasteiger partial charge in [-0.1, -0.05) is 60.7 Å². The molecule has 0 radical (unpaired) electrons. The van der Waals surface area contributed by atoms with Gasteiger partial charge in [-0.15, -0.1) is 0 Å². The number of hydrogen-bond acceptors (Lipinski definition) is 3. The highest BCUT2D eigenvalue weighted by Gasteiger charge is 2.18. The third-order valence-electron chi connectivity index (χ3n) is 4.38. The highest BCUT2D eigenvalue weighted by molar-refractivity contribution is 5.77. The summed E-state index contributed by atoms with van der Waals surface area (Å²) in [6, 6.07) is 19.8. The molecule has 0 aliphatic carbocycles. The maximum Gasteiger partial charge on any atom is 0.404 e. The van der Waals surface area contributed by atoms with Crippen molar-refractivity contribution in [2.45, 2.75) is 31.2 Å². The average molecular weight is 369 g/mol. The van der Waals surface area contributed by atoms with E-state index in [0.29, 0.717) is 32.4 Å². The van der Waals surface area contributed by atoms with Crippen LogP contribution in [-0.4, -0.2) is 36.2 Å². The summed E-state index contributed by atoms with van der Waals surface area (Å²) in [7, 11) is 0. The van der Waals surface area contributed by atoms with Gasteiger partial charge in [-0.05, 0) is 24.0 Å². The van der Waals surface area contributed by atoms with Crippen molar-refractivity contribution in [3.63, 3.8) is 0 Å². The standard InChI is InChI=1S/C21H27N3O3/c22-18(12-7-13-23-21(26)27)15-24-20(25)14-19(16-8-3-1-4-9-16)17-10-5-2-6-11-17/h1-6,8-11,18-19,23H,7,12-15,22H2,(H,24,25)(H,26,27)/t18-/m0/s1. The maximum atomic E-state index is 12.5. The third-order valence-corrected chi connectivity index (χ3v) is 4.38. The van der Waals surface area contributed by atoms with E-state index >= 15 is 0 Å². The molecule has 6 nitrogen and oxygen atoms in total. The zero-order valence-corrected chi connectivity index (χ0v) is 15.3. The molecule has 0 fully saturated rings. The minimum atomic E-state index is -1.04. The molecule has 1 atom stereocenters. The number of nitrogens with two attached hydrogens (primary N) is 1. The molecule has 0 saturated carbocycles. The van der Waals surface area contributed by atoms with Gasteiger partial charge in [-0.25, -0.2) is 4.79 Å². The van der Waals surface area contributed by atoms with E-state index in [1.165, 1.54) is 0 Å². The Morgan fingerprint density at radius 2 is 1.48 bits per heavy atom. The Hall–Kier alpha value is -2.86. The van der Waals surface area contributed by atoms with Crippen molar-refractivity contribution < 1.29 is 14.7 Å². The quantitative estimate of drug-likeness (QED) is 0.483. The van der Waals surface area contributed by atoms with E-state index in [0.717, 1.165) is 11.1 Å². The summed E-state index contributed by atoms with van der Waals surface area (Å²) in [5.41, 5.74) is 8.20. The summed E-state index contributed by atoms with van der Waals surface area (Å²) < 4.78 is 0. The largest absolute Gasteiger partial charge is 0.465 e. The molecular formula is C21H27N3O3. The van der Waals surface area contributed by atoms with Gasteiger partial charge in [-0.3, -0.25) is 4.79 Å².